The number of hydrogen-bond donors (Lipinski definition) is 1. The van der Waals surface area contributed by atoms with Crippen molar-refractivity contribution in [3.8, 4) is 0 Å². The Kier molecular flexibility index (Phi) is 7.84. The zero-order valence-electron chi connectivity index (χ0n) is 17.5. The van der Waals surface area contributed by atoms with Crippen molar-refractivity contribution in [3.63, 3.8) is 0 Å². The Balaban J connectivity index is 1.64. The summed E-state index contributed by atoms with van der Waals surface area (Å²) in [6.07, 6.45) is 1.78. The number of piperazine rings is 1. The first-order valence-corrected chi connectivity index (χ1v) is 11.4. The minimum absolute atomic E-state index is 0.0400. The van der Waals surface area contributed by atoms with E-state index in [-0.39, 0.29) is 11.6 Å². The second kappa shape index (κ2) is 10.6. The topological polar surface area (TPSA) is 78.7 Å². The molecule has 1 saturated heterocycles. The lowest BCUT2D eigenvalue weighted by atomic mass is 10.1. The van der Waals surface area contributed by atoms with E-state index in [9.17, 15) is 14.9 Å². The lowest BCUT2D eigenvalue weighted by molar-refractivity contribution is -0.387. The smallest absolute Gasteiger partial charge is 0.283 e. The third kappa shape index (κ3) is 5.59. The van der Waals surface area contributed by atoms with Crippen LogP contribution in [-0.4, -0.2) is 59.6 Å². The van der Waals surface area contributed by atoms with E-state index in [0.717, 1.165) is 44.8 Å². The molecule has 0 aromatic heterocycles. The van der Waals surface area contributed by atoms with Crippen LogP contribution < -0.4 is 5.32 Å². The number of nitro benzene ring substituents is 1. The fourth-order valence-corrected chi connectivity index (χ4v) is 4.19. The van der Waals surface area contributed by atoms with E-state index >= 15 is 0 Å². The molecule has 0 aliphatic carbocycles. The molecule has 0 atom stereocenters. The molecular weight excluding hydrogens is 400 g/mol. The van der Waals surface area contributed by atoms with E-state index in [1.807, 2.05) is 18.2 Å². The highest BCUT2D eigenvalue weighted by molar-refractivity contribution is 7.98. The van der Waals surface area contributed by atoms with Crippen LogP contribution in [0.5, 0.6) is 0 Å². The van der Waals surface area contributed by atoms with Gasteiger partial charge in [0.05, 0.1) is 9.82 Å². The molecule has 0 bridgehead atoms. The lowest BCUT2D eigenvalue weighted by Crippen LogP contribution is -2.45. The van der Waals surface area contributed by atoms with Gasteiger partial charge in [0.15, 0.2) is 0 Å². The molecule has 30 heavy (non-hydrogen) atoms. The van der Waals surface area contributed by atoms with Gasteiger partial charge in [-0.15, -0.1) is 11.8 Å². The van der Waals surface area contributed by atoms with Crippen molar-refractivity contribution in [1.29, 1.82) is 0 Å². The van der Waals surface area contributed by atoms with Gasteiger partial charge in [0.1, 0.15) is 0 Å². The zero-order valence-corrected chi connectivity index (χ0v) is 18.3. The molecule has 0 spiro atoms. The van der Waals surface area contributed by atoms with Crippen molar-refractivity contribution in [1.82, 2.24) is 15.1 Å². The summed E-state index contributed by atoms with van der Waals surface area (Å²) in [5.41, 5.74) is 2.53. The molecular formula is C22H28N4O3S. The third-order valence-electron chi connectivity index (χ3n) is 5.50. The van der Waals surface area contributed by atoms with Crippen LogP contribution >= 0.6 is 11.8 Å². The van der Waals surface area contributed by atoms with Gasteiger partial charge in [0, 0.05) is 50.9 Å². The lowest BCUT2D eigenvalue weighted by Gasteiger charge is -2.34. The van der Waals surface area contributed by atoms with Crippen LogP contribution in [0.3, 0.4) is 0 Å². The van der Waals surface area contributed by atoms with Crippen LogP contribution in [0.1, 0.15) is 28.4 Å². The molecule has 0 unspecified atom stereocenters. The molecule has 1 heterocycles. The van der Waals surface area contributed by atoms with Crippen molar-refractivity contribution in [3.05, 3.63) is 69.3 Å². The third-order valence-corrected chi connectivity index (χ3v) is 6.29. The molecule has 2 aromatic rings. The first-order valence-electron chi connectivity index (χ1n) is 10.1. The van der Waals surface area contributed by atoms with Crippen LogP contribution in [0.25, 0.3) is 0 Å². The Hall–Kier alpha value is -2.42. The van der Waals surface area contributed by atoms with Gasteiger partial charge in [0.25, 0.3) is 11.6 Å². The molecule has 1 aliphatic heterocycles. The number of carbonyl (C=O) groups excluding carboxylic acids is 1. The van der Waals surface area contributed by atoms with Crippen LogP contribution in [0.4, 0.5) is 5.69 Å². The number of nitrogens with zero attached hydrogens (tertiary/aromatic N) is 3. The van der Waals surface area contributed by atoms with Crippen LogP contribution in [0.15, 0.2) is 47.4 Å². The Morgan fingerprint density at radius 2 is 1.77 bits per heavy atom. The van der Waals surface area contributed by atoms with Gasteiger partial charge in [0.2, 0.25) is 0 Å². The van der Waals surface area contributed by atoms with E-state index < -0.39 is 4.92 Å². The number of amides is 1. The molecule has 1 amide bonds. The summed E-state index contributed by atoms with van der Waals surface area (Å²) in [7, 11) is 0. The Bertz CT molecular complexity index is 898. The number of nitro groups is 1. The van der Waals surface area contributed by atoms with Crippen LogP contribution in [0, 0.1) is 10.1 Å². The number of carbonyl (C=O) groups is 1. The van der Waals surface area contributed by atoms with Crippen molar-refractivity contribution < 1.29 is 9.72 Å². The summed E-state index contributed by atoms with van der Waals surface area (Å²) < 4.78 is 0. The number of nitrogens with one attached hydrogen (secondary N) is 1. The maximum atomic E-state index is 12.6. The summed E-state index contributed by atoms with van der Waals surface area (Å²) >= 11 is 1.29. The predicted octanol–water partition coefficient (Wildman–Crippen LogP) is 3.38. The van der Waals surface area contributed by atoms with Gasteiger partial charge in [-0.25, -0.2) is 0 Å². The van der Waals surface area contributed by atoms with E-state index in [1.165, 1.54) is 23.4 Å². The number of thioether (sulfide) groups is 1. The SMILES string of the molecule is CCN1CCN(Cc2ccccc2CNC(=O)c2ccc(SC)c([N+](=O)[O-])c2)CC1. The molecule has 8 heteroatoms. The minimum atomic E-state index is -0.448. The highest BCUT2D eigenvalue weighted by atomic mass is 32.2. The average Bonchev–Trinajstić information content (AvgIpc) is 2.78. The Morgan fingerprint density at radius 3 is 2.40 bits per heavy atom. The average molecular weight is 429 g/mol. The molecule has 2 aromatic carbocycles. The first kappa shape index (κ1) is 22.3. The monoisotopic (exact) mass is 428 g/mol. The normalized spacial score (nSPS) is 15.1. The summed E-state index contributed by atoms with van der Waals surface area (Å²) in [4.78, 5) is 28.9. The van der Waals surface area contributed by atoms with Gasteiger partial charge in [-0.1, -0.05) is 31.2 Å². The quantitative estimate of drug-likeness (QED) is 0.395. The maximum Gasteiger partial charge on any atom is 0.283 e. The van der Waals surface area contributed by atoms with Gasteiger partial charge in [-0.05, 0) is 36.1 Å². The molecule has 0 saturated carbocycles. The first-order chi connectivity index (χ1) is 14.5. The molecule has 160 valence electrons. The number of benzene rings is 2. The largest absolute Gasteiger partial charge is 0.348 e. The Labute approximate surface area is 181 Å². The number of likely N-dealkylation sites (N-methyl/N-ethyl adjacent to an activating group) is 1. The predicted molar refractivity (Wildman–Crippen MR) is 120 cm³/mol. The van der Waals surface area contributed by atoms with E-state index in [0.29, 0.717) is 17.0 Å². The van der Waals surface area contributed by atoms with Gasteiger partial charge in [-0.2, -0.15) is 0 Å². The standard InChI is InChI=1S/C22H28N4O3S/c1-3-24-10-12-25(13-11-24)16-19-7-5-4-6-18(19)15-23-22(27)17-8-9-21(30-2)20(14-17)26(28)29/h4-9,14H,3,10-13,15-16H2,1-2H3,(H,23,27). The van der Waals surface area contributed by atoms with E-state index in [4.69, 9.17) is 0 Å². The Morgan fingerprint density at radius 1 is 1.10 bits per heavy atom. The summed E-state index contributed by atoms with van der Waals surface area (Å²) in [6, 6.07) is 12.7. The molecule has 7 nitrogen and oxygen atoms in total. The molecule has 0 radical (unpaired) electrons. The van der Waals surface area contributed by atoms with Crippen LogP contribution in [0.2, 0.25) is 0 Å². The maximum absolute atomic E-state index is 12.6. The van der Waals surface area contributed by atoms with Gasteiger partial charge in [-0.3, -0.25) is 19.8 Å². The second-order valence-corrected chi connectivity index (χ2v) is 8.15. The van der Waals surface area contributed by atoms with Crippen molar-refractivity contribution in [2.45, 2.75) is 24.9 Å². The summed E-state index contributed by atoms with van der Waals surface area (Å²) in [5.74, 6) is -0.308. The van der Waals surface area contributed by atoms with Crippen molar-refractivity contribution >= 4 is 23.4 Å². The number of hydrogen-bond acceptors (Lipinski definition) is 6. The summed E-state index contributed by atoms with van der Waals surface area (Å²) in [5, 5.41) is 14.2. The fourth-order valence-electron chi connectivity index (χ4n) is 3.64. The molecule has 3 rings (SSSR count). The fraction of sp³-hybridized carbons (Fsp3) is 0.409. The van der Waals surface area contributed by atoms with Gasteiger partial charge < -0.3 is 10.2 Å². The molecule has 1 aliphatic rings. The summed E-state index contributed by atoms with van der Waals surface area (Å²) in [6.45, 7) is 8.78. The van der Waals surface area contributed by atoms with E-state index in [2.05, 4.69) is 28.1 Å². The minimum Gasteiger partial charge on any atom is -0.348 e. The molecule has 1 fully saturated rings. The highest BCUT2D eigenvalue weighted by Gasteiger charge is 2.18. The second-order valence-electron chi connectivity index (χ2n) is 7.31. The van der Waals surface area contributed by atoms with E-state index in [1.54, 1.807) is 18.4 Å². The van der Waals surface area contributed by atoms with Gasteiger partial charge >= 0.3 is 0 Å². The number of rotatable bonds is 8. The van der Waals surface area contributed by atoms with Crippen molar-refractivity contribution in [2.75, 3.05) is 39.0 Å². The zero-order chi connectivity index (χ0) is 21.5. The molecule has 1 N–H and O–H groups in total. The van der Waals surface area contributed by atoms with Crippen molar-refractivity contribution in [2.24, 2.45) is 0 Å². The highest BCUT2D eigenvalue weighted by Crippen LogP contribution is 2.28. The van der Waals surface area contributed by atoms with Crippen LogP contribution in [-0.2, 0) is 13.1 Å².